The Morgan fingerprint density at radius 2 is 1.81 bits per heavy atom. The van der Waals surface area contributed by atoms with Crippen LogP contribution < -0.4 is 0 Å². The van der Waals surface area contributed by atoms with Crippen LogP contribution in [0.3, 0.4) is 0 Å². The van der Waals surface area contributed by atoms with E-state index in [1.54, 1.807) is 16.0 Å². The first kappa shape index (κ1) is 16.9. The average molecular weight is 305 g/mol. The lowest BCUT2D eigenvalue weighted by atomic mass is 9.80. The maximum absolute atomic E-state index is 2.49. The SMILES string of the molecule is CCCCCCCCc1ccc2c(c1)SCCCC2(C)C. The first-order valence-corrected chi connectivity index (χ1v) is 9.88. The molecule has 1 aromatic carbocycles. The molecular weight excluding hydrogens is 272 g/mol. The van der Waals surface area contributed by atoms with E-state index < -0.39 is 0 Å². The molecule has 0 amide bonds. The molecule has 0 nitrogen and oxygen atoms in total. The first-order valence-electron chi connectivity index (χ1n) is 8.90. The van der Waals surface area contributed by atoms with Gasteiger partial charge < -0.3 is 0 Å². The summed E-state index contributed by atoms with van der Waals surface area (Å²) in [5, 5.41) is 0. The van der Waals surface area contributed by atoms with Gasteiger partial charge in [0.25, 0.3) is 0 Å². The monoisotopic (exact) mass is 304 g/mol. The minimum atomic E-state index is 0.359. The van der Waals surface area contributed by atoms with E-state index in [9.17, 15) is 0 Å². The van der Waals surface area contributed by atoms with Crippen molar-refractivity contribution in [3.05, 3.63) is 29.3 Å². The van der Waals surface area contributed by atoms with Gasteiger partial charge in [0.1, 0.15) is 0 Å². The predicted octanol–water partition coefficient (Wildman–Crippen LogP) is 6.75. The van der Waals surface area contributed by atoms with Crippen LogP contribution in [-0.4, -0.2) is 5.75 Å². The van der Waals surface area contributed by atoms with Crippen LogP contribution in [0.2, 0.25) is 0 Å². The maximum Gasteiger partial charge on any atom is 0.0112 e. The van der Waals surface area contributed by atoms with Gasteiger partial charge in [0.15, 0.2) is 0 Å². The standard InChI is InChI=1S/C20H32S/c1-4-5-6-7-8-9-11-17-12-13-18-19(16-17)21-15-10-14-20(18,2)3/h12-13,16H,4-11,14-15H2,1-3H3. The predicted molar refractivity (Wildman–Crippen MR) is 96.5 cm³/mol. The van der Waals surface area contributed by atoms with Gasteiger partial charge in [-0.1, -0.05) is 65.0 Å². The van der Waals surface area contributed by atoms with E-state index in [0.29, 0.717) is 5.41 Å². The third-order valence-electron chi connectivity index (χ3n) is 4.80. The molecule has 1 aliphatic heterocycles. The maximum atomic E-state index is 2.49. The van der Waals surface area contributed by atoms with Crippen molar-refractivity contribution in [2.75, 3.05) is 5.75 Å². The molecule has 1 heteroatoms. The molecule has 0 unspecified atom stereocenters. The Balaban J connectivity index is 1.90. The number of unbranched alkanes of at least 4 members (excludes halogenated alkanes) is 5. The highest BCUT2D eigenvalue weighted by molar-refractivity contribution is 7.99. The molecule has 0 saturated carbocycles. The Morgan fingerprint density at radius 1 is 1.05 bits per heavy atom. The molecular formula is C20H32S. The second kappa shape index (κ2) is 8.27. The number of thioether (sulfide) groups is 1. The molecule has 0 N–H and O–H groups in total. The number of rotatable bonds is 7. The van der Waals surface area contributed by atoms with Crippen LogP contribution in [0.15, 0.2) is 23.1 Å². The van der Waals surface area contributed by atoms with Crippen molar-refractivity contribution in [3.63, 3.8) is 0 Å². The van der Waals surface area contributed by atoms with E-state index >= 15 is 0 Å². The van der Waals surface area contributed by atoms with Gasteiger partial charge in [-0.25, -0.2) is 0 Å². The van der Waals surface area contributed by atoms with Crippen LogP contribution in [0, 0.1) is 0 Å². The molecule has 0 radical (unpaired) electrons. The zero-order chi connectivity index (χ0) is 15.1. The Hall–Kier alpha value is -0.430. The number of fused-ring (bicyclic) bond motifs is 1. The third kappa shape index (κ3) is 5.06. The van der Waals surface area contributed by atoms with E-state index in [1.807, 2.05) is 0 Å². The lowest BCUT2D eigenvalue weighted by Gasteiger charge is -2.25. The normalized spacial score (nSPS) is 17.3. The quantitative estimate of drug-likeness (QED) is 0.502. The van der Waals surface area contributed by atoms with Crippen molar-refractivity contribution in [1.82, 2.24) is 0 Å². The molecule has 0 spiro atoms. The van der Waals surface area contributed by atoms with E-state index in [-0.39, 0.29) is 0 Å². The van der Waals surface area contributed by atoms with Gasteiger partial charge in [0.2, 0.25) is 0 Å². The summed E-state index contributed by atoms with van der Waals surface area (Å²) in [5.74, 6) is 1.29. The highest BCUT2D eigenvalue weighted by atomic mass is 32.2. The second-order valence-electron chi connectivity index (χ2n) is 7.18. The molecule has 0 aliphatic carbocycles. The molecule has 1 heterocycles. The van der Waals surface area contributed by atoms with Crippen LogP contribution in [0.25, 0.3) is 0 Å². The highest BCUT2D eigenvalue weighted by Crippen LogP contribution is 2.40. The van der Waals surface area contributed by atoms with Gasteiger partial charge in [0.05, 0.1) is 0 Å². The van der Waals surface area contributed by atoms with E-state index in [4.69, 9.17) is 0 Å². The summed E-state index contributed by atoms with van der Waals surface area (Å²) in [6.45, 7) is 7.10. The van der Waals surface area contributed by atoms with Crippen molar-refractivity contribution in [1.29, 1.82) is 0 Å². The van der Waals surface area contributed by atoms with Gasteiger partial charge in [-0.3, -0.25) is 0 Å². The second-order valence-corrected chi connectivity index (χ2v) is 8.32. The van der Waals surface area contributed by atoms with Gasteiger partial charge >= 0.3 is 0 Å². The molecule has 0 bridgehead atoms. The first-order chi connectivity index (χ1) is 10.1. The summed E-state index contributed by atoms with van der Waals surface area (Å²) >= 11 is 2.08. The fourth-order valence-electron chi connectivity index (χ4n) is 3.34. The van der Waals surface area contributed by atoms with Crippen molar-refractivity contribution >= 4 is 11.8 Å². The Bertz CT molecular complexity index is 433. The molecule has 0 fully saturated rings. The van der Waals surface area contributed by atoms with Gasteiger partial charge in [-0.05, 0) is 54.0 Å². The molecule has 118 valence electrons. The molecule has 2 rings (SSSR count). The van der Waals surface area contributed by atoms with Crippen molar-refractivity contribution < 1.29 is 0 Å². The van der Waals surface area contributed by atoms with E-state index in [2.05, 4.69) is 50.7 Å². The topological polar surface area (TPSA) is 0 Å². The fourth-order valence-corrected chi connectivity index (χ4v) is 4.58. The van der Waals surface area contributed by atoms with Crippen molar-refractivity contribution in [3.8, 4) is 0 Å². The molecule has 0 saturated heterocycles. The summed E-state index contributed by atoms with van der Waals surface area (Å²) in [7, 11) is 0. The number of hydrogen-bond acceptors (Lipinski definition) is 1. The summed E-state index contributed by atoms with van der Waals surface area (Å²) in [4.78, 5) is 1.56. The summed E-state index contributed by atoms with van der Waals surface area (Å²) in [5.41, 5.74) is 3.49. The van der Waals surface area contributed by atoms with Gasteiger partial charge in [0, 0.05) is 4.90 Å². The Labute approximate surface area is 136 Å². The zero-order valence-corrected chi connectivity index (χ0v) is 15.0. The minimum absolute atomic E-state index is 0.359. The fraction of sp³-hybridized carbons (Fsp3) is 0.700. The lowest BCUT2D eigenvalue weighted by molar-refractivity contribution is 0.471. The summed E-state index contributed by atoms with van der Waals surface area (Å²) in [6.07, 6.45) is 12.3. The number of benzene rings is 1. The lowest BCUT2D eigenvalue weighted by Crippen LogP contribution is -2.16. The van der Waals surface area contributed by atoms with Crippen molar-refractivity contribution in [2.24, 2.45) is 0 Å². The van der Waals surface area contributed by atoms with Gasteiger partial charge in [-0.15, -0.1) is 11.8 Å². The van der Waals surface area contributed by atoms with Gasteiger partial charge in [-0.2, -0.15) is 0 Å². The Morgan fingerprint density at radius 3 is 2.62 bits per heavy atom. The molecule has 1 aliphatic rings. The van der Waals surface area contributed by atoms with Crippen LogP contribution >= 0.6 is 11.8 Å². The van der Waals surface area contributed by atoms with Crippen LogP contribution in [0.5, 0.6) is 0 Å². The van der Waals surface area contributed by atoms with Crippen LogP contribution in [-0.2, 0) is 11.8 Å². The zero-order valence-electron chi connectivity index (χ0n) is 14.2. The van der Waals surface area contributed by atoms with E-state index in [0.717, 1.165) is 0 Å². The molecule has 0 aromatic heterocycles. The third-order valence-corrected chi connectivity index (χ3v) is 5.94. The molecule has 0 atom stereocenters. The summed E-state index contributed by atoms with van der Waals surface area (Å²) < 4.78 is 0. The smallest absolute Gasteiger partial charge is 0.0112 e. The molecule has 1 aromatic rings. The number of hydrogen-bond donors (Lipinski definition) is 0. The highest BCUT2D eigenvalue weighted by Gasteiger charge is 2.25. The minimum Gasteiger partial charge on any atom is -0.126 e. The number of aryl methyl sites for hydroxylation is 1. The average Bonchev–Trinajstić information content (AvgIpc) is 2.61. The van der Waals surface area contributed by atoms with Crippen LogP contribution in [0.1, 0.15) is 83.3 Å². The molecule has 21 heavy (non-hydrogen) atoms. The van der Waals surface area contributed by atoms with Crippen molar-refractivity contribution in [2.45, 2.75) is 88.9 Å². The Kier molecular flexibility index (Phi) is 6.67. The summed E-state index contributed by atoms with van der Waals surface area (Å²) in [6, 6.07) is 7.29. The van der Waals surface area contributed by atoms with E-state index in [1.165, 1.54) is 63.5 Å². The van der Waals surface area contributed by atoms with Crippen LogP contribution in [0.4, 0.5) is 0 Å². The largest absolute Gasteiger partial charge is 0.126 e.